The lowest BCUT2D eigenvalue weighted by atomic mass is 9.93. The minimum atomic E-state index is 0.272. The van der Waals surface area contributed by atoms with Gasteiger partial charge in [0.15, 0.2) is 11.6 Å². The molecule has 0 fully saturated rings. The molecule has 0 spiro atoms. The van der Waals surface area contributed by atoms with E-state index in [1.54, 1.807) is 23.5 Å². The minimum Gasteiger partial charge on any atom is -0.339 e. The molecule has 0 bridgehead atoms. The van der Waals surface area contributed by atoms with Gasteiger partial charge in [-0.25, -0.2) is 20.0 Å². The maximum absolute atomic E-state index is 11.3. The number of allylic oxidation sites excluding steroid dienone is 2. The Kier molecular flexibility index (Phi) is 16.7. The average Bonchev–Trinajstić information content (AvgIpc) is 0.834. The number of amidine groups is 2. The van der Waals surface area contributed by atoms with Gasteiger partial charge in [-0.15, -0.1) is 0 Å². The Bertz CT molecular complexity index is 6180. The number of aliphatic imine (C=N–C) groups is 2. The summed E-state index contributed by atoms with van der Waals surface area (Å²) in [7, 11) is 0. The summed E-state index contributed by atoms with van der Waals surface area (Å²) in [6.45, 7) is 4.14. The molecule has 2 aromatic heterocycles. The molecule has 16 aromatic rings. The number of nitrogens with one attached hydrogen (secondary N) is 2. The lowest BCUT2D eigenvalue weighted by Crippen LogP contribution is -2.15. The van der Waals surface area contributed by atoms with E-state index in [0.29, 0.717) is 22.8 Å². The number of benzene rings is 14. The van der Waals surface area contributed by atoms with Crippen molar-refractivity contribution in [3.05, 3.63) is 373 Å². The molecule has 112 heavy (non-hydrogen) atoms. The Morgan fingerprint density at radius 3 is 1.04 bits per heavy atom. The van der Waals surface area contributed by atoms with Gasteiger partial charge in [0.25, 0.3) is 0 Å². The zero-order valence-electron chi connectivity index (χ0n) is 60.6. The predicted octanol–water partition coefficient (Wildman–Crippen LogP) is 26.5. The molecule has 14 heteroatoms. The Balaban J connectivity index is 0.628. The molecule has 0 amide bonds. The van der Waals surface area contributed by atoms with E-state index in [1.807, 2.05) is 48.8 Å². The number of para-hydroxylation sites is 4. The maximum atomic E-state index is 11.3. The Hall–Kier alpha value is -14.5. The van der Waals surface area contributed by atoms with Gasteiger partial charge in [-0.2, -0.15) is 10.5 Å². The van der Waals surface area contributed by atoms with Crippen LogP contribution in [-0.4, -0.2) is 21.6 Å². The van der Waals surface area contributed by atoms with Gasteiger partial charge in [0.05, 0.1) is 33.9 Å². The van der Waals surface area contributed by atoms with Crippen molar-refractivity contribution < 1.29 is 0 Å². The van der Waals surface area contributed by atoms with Gasteiger partial charge in [-0.05, 0) is 240 Å². The molecule has 0 unspecified atom stereocenters. The normalized spacial score (nSPS) is 13.6. The second-order valence-corrected chi connectivity index (χ2v) is 30.1. The molecule has 0 aliphatic carbocycles. The van der Waals surface area contributed by atoms with Crippen molar-refractivity contribution in [2.75, 3.05) is 30.2 Å². The van der Waals surface area contributed by atoms with Crippen molar-refractivity contribution in [3.63, 3.8) is 0 Å². The second kappa shape index (κ2) is 27.9. The number of nitriles is 2. The monoisotopic (exact) mass is 1470 g/mol. The lowest BCUT2D eigenvalue weighted by molar-refractivity contribution is 1.16. The van der Waals surface area contributed by atoms with E-state index in [2.05, 4.69) is 347 Å². The van der Waals surface area contributed by atoms with Gasteiger partial charge in [-0.1, -0.05) is 169 Å². The number of anilines is 14. The van der Waals surface area contributed by atoms with Crippen LogP contribution in [-0.2, 0) is 0 Å². The van der Waals surface area contributed by atoms with Crippen molar-refractivity contribution in [2.45, 2.75) is 33.4 Å². The highest BCUT2D eigenvalue weighted by Gasteiger charge is 2.29. The van der Waals surface area contributed by atoms with E-state index in [4.69, 9.17) is 20.0 Å². The Labute approximate surface area is 656 Å². The van der Waals surface area contributed by atoms with Crippen LogP contribution in [0.3, 0.4) is 0 Å². The van der Waals surface area contributed by atoms with E-state index in [-0.39, 0.29) is 11.1 Å². The molecule has 12 nitrogen and oxygen atoms in total. The predicted molar refractivity (Wildman–Crippen MR) is 461 cm³/mol. The summed E-state index contributed by atoms with van der Waals surface area (Å²) in [4.78, 5) is 33.6. The third-order valence-electron chi connectivity index (χ3n) is 21.2. The van der Waals surface area contributed by atoms with Crippen LogP contribution in [0, 0.1) is 36.5 Å². The fourth-order valence-corrected chi connectivity index (χ4v) is 18.0. The summed E-state index contributed by atoms with van der Waals surface area (Å²) in [6.07, 6.45) is 3.76. The van der Waals surface area contributed by atoms with Gasteiger partial charge in [0, 0.05) is 122 Å². The van der Waals surface area contributed by atoms with E-state index in [1.165, 1.54) is 41.1 Å². The third kappa shape index (κ3) is 11.9. The molecule has 528 valence electrons. The van der Waals surface area contributed by atoms with Crippen LogP contribution in [0.1, 0.15) is 33.4 Å². The number of aromatic nitrogens is 2. The highest BCUT2D eigenvalue weighted by molar-refractivity contribution is 8.00. The number of hydrogen-bond acceptors (Lipinski definition) is 12. The molecule has 14 aromatic carbocycles. The SMILES string of the molecule is Cc1cc(/C(C#N)=C(\C#N)c2ccc(N(c3ccc(-c4ccc(/N=C5\Nc6cccc7cccc5c67)nc4)cc3)c3ccc(N4c5ccccc5Sc5ccccc54)cc3)c(C)c2)ccc1N(c1ccc(-c2ccc(/N=C3\Nc4cccc5cccc3c45)nc2)cc1)c1ccc(N2c3ccccc3Sc3ccccc32)cc1. The molecular weight excluding hydrogens is 1410 g/mol. The highest BCUT2D eigenvalue weighted by Crippen LogP contribution is 2.54. The van der Waals surface area contributed by atoms with Gasteiger partial charge < -0.3 is 30.2 Å². The van der Waals surface area contributed by atoms with Crippen LogP contribution < -0.4 is 30.2 Å². The van der Waals surface area contributed by atoms with Gasteiger partial charge in [-0.3, -0.25) is 0 Å². The summed E-state index contributed by atoms with van der Waals surface area (Å²) in [6, 6.07) is 119. The van der Waals surface area contributed by atoms with Crippen molar-refractivity contribution in [2.24, 2.45) is 9.98 Å². The molecule has 2 N–H and O–H groups in total. The highest BCUT2D eigenvalue weighted by atomic mass is 32.2. The molecule has 6 heterocycles. The minimum absolute atomic E-state index is 0.272. The summed E-state index contributed by atoms with van der Waals surface area (Å²) in [5, 5.41) is 34.4. The van der Waals surface area contributed by atoms with E-state index in [0.717, 1.165) is 136 Å². The standard InChI is InChI=1S/C98H64N12S2/c1-61-55-67(35-51-83(61)107(73-43-47-75(48-44-73)109-85-23-3-7-27-89(85)111-90-28-8-4-24-86(90)109)71-39-31-63(32-40-71)69-37-53-93(101-59-69)105-97-77-19-11-15-65-17-13-21-81(103-97)95(65)77)79(57-99)80(58-100)68-36-52-84(62(2)56-68)108(74-45-49-76(50-46-74)110-87-25-5-9-29-91(87)112-92-30-10-6-26-88(92)110)72-41-33-64(34-42-72)70-38-54-94(102-60-70)106-98-78-20-12-16-66-18-14-22-82(104-98)96(66)78/h3-56,59-60H,1-2H3,(H,101,103,105)(H,102,104,106)/b80-79+. The quantitative estimate of drug-likeness (QED) is 0.0793. The fraction of sp³-hybridized carbons (Fsp3) is 0.0204. The number of pyridine rings is 2. The Morgan fingerprint density at radius 2 is 0.696 bits per heavy atom. The number of aryl methyl sites for hydroxylation is 2. The van der Waals surface area contributed by atoms with Gasteiger partial charge in [0.2, 0.25) is 0 Å². The lowest BCUT2D eigenvalue weighted by Gasteiger charge is -2.33. The third-order valence-corrected chi connectivity index (χ3v) is 23.5. The van der Waals surface area contributed by atoms with Crippen LogP contribution in [0.5, 0.6) is 0 Å². The van der Waals surface area contributed by atoms with E-state index < -0.39 is 0 Å². The zero-order chi connectivity index (χ0) is 74.9. The largest absolute Gasteiger partial charge is 0.339 e. The van der Waals surface area contributed by atoms with Crippen LogP contribution >= 0.6 is 23.5 Å². The van der Waals surface area contributed by atoms with Crippen molar-refractivity contribution in [3.8, 4) is 34.4 Å². The van der Waals surface area contributed by atoms with Crippen molar-refractivity contribution in [1.29, 1.82) is 10.5 Å². The first kappa shape index (κ1) is 66.9. The zero-order valence-corrected chi connectivity index (χ0v) is 62.3. The molecule has 0 radical (unpaired) electrons. The Morgan fingerprint density at radius 1 is 0.357 bits per heavy atom. The molecule has 4 aliphatic rings. The first-order chi connectivity index (χ1) is 55.2. The topological polar surface area (TPSA) is 135 Å². The number of rotatable bonds is 14. The van der Waals surface area contributed by atoms with Crippen LogP contribution in [0.2, 0.25) is 0 Å². The first-order valence-electron chi connectivity index (χ1n) is 37.0. The number of hydrogen-bond donors (Lipinski definition) is 2. The van der Waals surface area contributed by atoms with E-state index in [9.17, 15) is 10.5 Å². The second-order valence-electron chi connectivity index (χ2n) is 27.9. The summed E-state index contributed by atoms with van der Waals surface area (Å²) in [5.41, 5.74) is 23.8. The summed E-state index contributed by atoms with van der Waals surface area (Å²) in [5.74, 6) is 2.78. The average molecular weight is 1470 g/mol. The van der Waals surface area contributed by atoms with Gasteiger partial charge in [0.1, 0.15) is 23.8 Å². The molecule has 20 rings (SSSR count). The van der Waals surface area contributed by atoms with E-state index >= 15 is 0 Å². The number of fused-ring (bicyclic) bond motifs is 4. The molecular formula is C98H64N12S2. The summed E-state index contributed by atoms with van der Waals surface area (Å²) >= 11 is 3.57. The molecule has 0 atom stereocenters. The number of nitrogens with zero attached hydrogens (tertiary/aromatic N) is 10. The fourth-order valence-electron chi connectivity index (χ4n) is 15.9. The first-order valence-corrected chi connectivity index (χ1v) is 38.6. The molecule has 0 saturated heterocycles. The van der Waals surface area contributed by atoms with Crippen LogP contribution in [0.15, 0.2) is 370 Å². The van der Waals surface area contributed by atoms with Crippen LogP contribution in [0.4, 0.5) is 91.3 Å². The van der Waals surface area contributed by atoms with Gasteiger partial charge >= 0.3 is 0 Å². The molecule has 4 aliphatic heterocycles. The smallest absolute Gasteiger partial charge is 0.154 e. The van der Waals surface area contributed by atoms with Crippen LogP contribution in [0.25, 0.3) is 54.9 Å². The summed E-state index contributed by atoms with van der Waals surface area (Å²) < 4.78 is 0. The van der Waals surface area contributed by atoms with Crippen molar-refractivity contribution in [1.82, 2.24) is 9.97 Å². The molecule has 0 saturated carbocycles. The van der Waals surface area contributed by atoms with Crippen molar-refractivity contribution >= 4 is 159 Å². The maximum Gasteiger partial charge on any atom is 0.154 e.